The van der Waals surface area contributed by atoms with E-state index in [1.54, 1.807) is 0 Å². The lowest BCUT2D eigenvalue weighted by atomic mass is 9.99. The second kappa shape index (κ2) is 8.45. The van der Waals surface area contributed by atoms with Gasteiger partial charge in [-0.25, -0.2) is 12.7 Å². The third-order valence-corrected chi connectivity index (χ3v) is 6.13. The van der Waals surface area contributed by atoms with Crippen LogP contribution in [0.3, 0.4) is 0 Å². The molecular formula is C17H26N2O3S. The number of carbonyl (C=O) groups is 1. The molecule has 0 bridgehead atoms. The summed E-state index contributed by atoms with van der Waals surface area (Å²) in [6, 6.07) is 9.91. The standard InChI is InChI=1S/C17H26N2O3S/c1-2-18-17(20)16-11-6-12-19(14-16)23(21,22)13-7-10-15-8-4-3-5-9-15/h3-5,8-9,16H,2,6-7,10-14H2,1H3,(H,18,20). The van der Waals surface area contributed by atoms with Crippen molar-refractivity contribution in [3.8, 4) is 0 Å². The Balaban J connectivity index is 1.87. The van der Waals surface area contributed by atoms with Gasteiger partial charge in [0.05, 0.1) is 11.7 Å². The second-order valence-electron chi connectivity index (χ2n) is 6.00. The predicted molar refractivity (Wildman–Crippen MR) is 91.5 cm³/mol. The zero-order valence-corrected chi connectivity index (χ0v) is 14.5. The van der Waals surface area contributed by atoms with Crippen molar-refractivity contribution in [2.24, 2.45) is 5.92 Å². The van der Waals surface area contributed by atoms with Crippen molar-refractivity contribution in [1.82, 2.24) is 9.62 Å². The molecule has 1 aliphatic rings. The summed E-state index contributed by atoms with van der Waals surface area (Å²) in [6.07, 6.45) is 2.88. The molecule has 128 valence electrons. The minimum Gasteiger partial charge on any atom is -0.356 e. The number of aryl methyl sites for hydroxylation is 1. The molecule has 23 heavy (non-hydrogen) atoms. The average molecular weight is 338 g/mol. The lowest BCUT2D eigenvalue weighted by Crippen LogP contribution is -2.46. The first kappa shape index (κ1) is 17.9. The Morgan fingerprint density at radius 3 is 2.74 bits per heavy atom. The molecule has 0 spiro atoms. The Morgan fingerprint density at radius 2 is 2.04 bits per heavy atom. The SMILES string of the molecule is CCNC(=O)C1CCCN(S(=O)(=O)CCCc2ccccc2)C1. The Labute approximate surface area is 139 Å². The van der Waals surface area contributed by atoms with Gasteiger partial charge in [0, 0.05) is 19.6 Å². The fourth-order valence-corrected chi connectivity index (χ4v) is 4.54. The molecule has 1 N–H and O–H groups in total. The highest BCUT2D eigenvalue weighted by molar-refractivity contribution is 7.89. The molecule has 0 aromatic heterocycles. The van der Waals surface area contributed by atoms with Gasteiger partial charge in [0.2, 0.25) is 15.9 Å². The third kappa shape index (κ3) is 5.32. The van der Waals surface area contributed by atoms with Gasteiger partial charge in [0.25, 0.3) is 0 Å². The molecule has 0 radical (unpaired) electrons. The number of piperidine rings is 1. The number of rotatable bonds is 7. The molecule has 6 heteroatoms. The van der Waals surface area contributed by atoms with Crippen LogP contribution in [0.1, 0.15) is 31.7 Å². The summed E-state index contributed by atoms with van der Waals surface area (Å²) in [4.78, 5) is 11.9. The van der Waals surface area contributed by atoms with Crippen LogP contribution in [0.25, 0.3) is 0 Å². The lowest BCUT2D eigenvalue weighted by molar-refractivity contribution is -0.125. The van der Waals surface area contributed by atoms with E-state index in [9.17, 15) is 13.2 Å². The molecule has 1 unspecified atom stereocenters. The molecule has 1 aromatic carbocycles. The molecule has 5 nitrogen and oxygen atoms in total. The van der Waals surface area contributed by atoms with E-state index in [1.807, 2.05) is 37.3 Å². The van der Waals surface area contributed by atoms with Crippen LogP contribution in [0.2, 0.25) is 0 Å². The molecule has 1 aromatic rings. The smallest absolute Gasteiger partial charge is 0.224 e. The summed E-state index contributed by atoms with van der Waals surface area (Å²) < 4.78 is 26.5. The van der Waals surface area contributed by atoms with E-state index >= 15 is 0 Å². The summed E-state index contributed by atoms with van der Waals surface area (Å²) >= 11 is 0. The molecule has 0 aliphatic carbocycles. The fourth-order valence-electron chi connectivity index (χ4n) is 2.96. The maximum atomic E-state index is 12.5. The van der Waals surface area contributed by atoms with E-state index < -0.39 is 10.0 Å². The molecule has 1 amide bonds. The summed E-state index contributed by atoms with van der Waals surface area (Å²) in [5.74, 6) is -0.103. The van der Waals surface area contributed by atoms with Gasteiger partial charge in [-0.1, -0.05) is 30.3 Å². The maximum absolute atomic E-state index is 12.5. The van der Waals surface area contributed by atoms with E-state index in [0.717, 1.165) is 24.8 Å². The number of carbonyl (C=O) groups excluding carboxylic acids is 1. The van der Waals surface area contributed by atoms with Crippen molar-refractivity contribution in [3.63, 3.8) is 0 Å². The van der Waals surface area contributed by atoms with Gasteiger partial charge in [-0.3, -0.25) is 4.79 Å². The first-order valence-electron chi connectivity index (χ1n) is 8.32. The molecular weight excluding hydrogens is 312 g/mol. The third-order valence-electron chi connectivity index (χ3n) is 4.21. The summed E-state index contributed by atoms with van der Waals surface area (Å²) in [6.45, 7) is 3.31. The minimum atomic E-state index is -3.28. The van der Waals surface area contributed by atoms with E-state index in [4.69, 9.17) is 0 Å². The number of benzene rings is 1. The van der Waals surface area contributed by atoms with Crippen molar-refractivity contribution >= 4 is 15.9 Å². The van der Waals surface area contributed by atoms with Crippen LogP contribution in [0, 0.1) is 5.92 Å². The molecule has 1 saturated heterocycles. The Kier molecular flexibility index (Phi) is 6.59. The van der Waals surface area contributed by atoms with Crippen molar-refractivity contribution in [2.75, 3.05) is 25.4 Å². The van der Waals surface area contributed by atoms with Crippen LogP contribution in [0.15, 0.2) is 30.3 Å². The number of hydrogen-bond acceptors (Lipinski definition) is 3. The maximum Gasteiger partial charge on any atom is 0.224 e. The zero-order chi connectivity index (χ0) is 16.7. The molecule has 1 fully saturated rings. The number of nitrogens with one attached hydrogen (secondary N) is 1. The van der Waals surface area contributed by atoms with E-state index in [0.29, 0.717) is 26.1 Å². The van der Waals surface area contributed by atoms with Gasteiger partial charge < -0.3 is 5.32 Å². The predicted octanol–water partition coefficient (Wildman–Crippen LogP) is 1.80. The normalized spacial score (nSPS) is 19.4. The highest BCUT2D eigenvalue weighted by Gasteiger charge is 2.31. The molecule has 2 rings (SSSR count). The van der Waals surface area contributed by atoms with Gasteiger partial charge in [0.15, 0.2) is 0 Å². The van der Waals surface area contributed by atoms with Crippen LogP contribution in [-0.4, -0.2) is 44.0 Å². The molecule has 1 heterocycles. The van der Waals surface area contributed by atoms with Crippen molar-refractivity contribution in [1.29, 1.82) is 0 Å². The molecule has 1 aliphatic heterocycles. The number of hydrogen-bond donors (Lipinski definition) is 1. The van der Waals surface area contributed by atoms with E-state index in [2.05, 4.69) is 5.32 Å². The number of nitrogens with zero attached hydrogens (tertiary/aromatic N) is 1. The number of amides is 1. The highest BCUT2D eigenvalue weighted by atomic mass is 32.2. The number of sulfonamides is 1. The minimum absolute atomic E-state index is 0.0308. The average Bonchev–Trinajstić information content (AvgIpc) is 2.56. The Bertz CT molecular complexity index is 602. The Hall–Kier alpha value is -1.40. The first-order valence-corrected chi connectivity index (χ1v) is 9.93. The zero-order valence-electron chi connectivity index (χ0n) is 13.7. The fraction of sp³-hybridized carbons (Fsp3) is 0.588. The van der Waals surface area contributed by atoms with Gasteiger partial charge in [-0.15, -0.1) is 0 Å². The van der Waals surface area contributed by atoms with Crippen LogP contribution >= 0.6 is 0 Å². The summed E-state index contributed by atoms with van der Waals surface area (Å²) in [5.41, 5.74) is 1.15. The topological polar surface area (TPSA) is 66.5 Å². The van der Waals surface area contributed by atoms with Gasteiger partial charge in [0.1, 0.15) is 0 Å². The Morgan fingerprint density at radius 1 is 1.30 bits per heavy atom. The van der Waals surface area contributed by atoms with Crippen LogP contribution in [0.4, 0.5) is 0 Å². The second-order valence-corrected chi connectivity index (χ2v) is 8.09. The molecule has 1 atom stereocenters. The first-order chi connectivity index (χ1) is 11.0. The monoisotopic (exact) mass is 338 g/mol. The lowest BCUT2D eigenvalue weighted by Gasteiger charge is -2.31. The van der Waals surface area contributed by atoms with Gasteiger partial charge in [-0.05, 0) is 38.2 Å². The van der Waals surface area contributed by atoms with E-state index in [1.165, 1.54) is 4.31 Å². The quantitative estimate of drug-likeness (QED) is 0.824. The van der Waals surface area contributed by atoms with Gasteiger partial charge >= 0.3 is 0 Å². The van der Waals surface area contributed by atoms with Crippen LogP contribution < -0.4 is 5.32 Å². The summed E-state index contributed by atoms with van der Waals surface area (Å²) in [7, 11) is -3.28. The molecule has 0 saturated carbocycles. The summed E-state index contributed by atoms with van der Waals surface area (Å²) in [5, 5.41) is 2.79. The van der Waals surface area contributed by atoms with Gasteiger partial charge in [-0.2, -0.15) is 0 Å². The largest absolute Gasteiger partial charge is 0.356 e. The highest BCUT2D eigenvalue weighted by Crippen LogP contribution is 2.20. The van der Waals surface area contributed by atoms with Crippen LogP contribution in [0.5, 0.6) is 0 Å². The van der Waals surface area contributed by atoms with Crippen molar-refractivity contribution < 1.29 is 13.2 Å². The van der Waals surface area contributed by atoms with Crippen LogP contribution in [-0.2, 0) is 21.2 Å². The van der Waals surface area contributed by atoms with E-state index in [-0.39, 0.29) is 17.6 Å². The van der Waals surface area contributed by atoms with Crippen molar-refractivity contribution in [3.05, 3.63) is 35.9 Å². The van der Waals surface area contributed by atoms with Crippen molar-refractivity contribution in [2.45, 2.75) is 32.6 Å².